The van der Waals surface area contributed by atoms with Crippen LogP contribution in [-0.4, -0.2) is 55.8 Å². The molecule has 0 bridgehead atoms. The SMILES string of the molecule is CCOC(=O)c1c(-c2ccc(C(=O)Nc3cc(I)ccn3)cc2)nc([C@@H]2CCCCN2C(=O)O)n1N. The third-order valence-corrected chi connectivity index (χ3v) is 6.51. The standard InChI is InChI=1S/C24H25IN6O5/c1-2-36-23(33)20-19(29-21(31(20)26)17-5-3-4-12-30(17)24(34)35)14-6-8-15(9-7-14)22(32)28-18-13-16(25)10-11-27-18/h6-11,13,17H,2-5,12,26H2,1H3,(H,34,35)(H,27,28,32)/t17-/m0/s1. The number of ether oxygens (including phenoxy) is 1. The molecule has 3 aromatic rings. The van der Waals surface area contributed by atoms with Gasteiger partial charge in [0, 0.05) is 27.4 Å². The second-order valence-corrected chi connectivity index (χ2v) is 9.38. The summed E-state index contributed by atoms with van der Waals surface area (Å²) in [4.78, 5) is 47.3. The maximum atomic E-state index is 12.8. The van der Waals surface area contributed by atoms with Crippen LogP contribution < -0.4 is 11.2 Å². The third kappa shape index (κ3) is 5.27. The lowest BCUT2D eigenvalue weighted by atomic mass is 10.0. The molecule has 188 valence electrons. The fourth-order valence-corrected chi connectivity index (χ4v) is 4.61. The van der Waals surface area contributed by atoms with E-state index >= 15 is 0 Å². The van der Waals surface area contributed by atoms with Gasteiger partial charge in [0.2, 0.25) is 0 Å². The second-order valence-electron chi connectivity index (χ2n) is 8.14. The number of hydrogen-bond acceptors (Lipinski definition) is 7. The number of amides is 2. The van der Waals surface area contributed by atoms with Crippen LogP contribution in [0.15, 0.2) is 42.6 Å². The van der Waals surface area contributed by atoms with Gasteiger partial charge < -0.3 is 21.0 Å². The number of halogens is 1. The van der Waals surface area contributed by atoms with E-state index in [1.165, 1.54) is 4.90 Å². The number of hydrogen-bond donors (Lipinski definition) is 3. The number of nitrogens with one attached hydrogen (secondary N) is 1. The summed E-state index contributed by atoms with van der Waals surface area (Å²) >= 11 is 2.13. The van der Waals surface area contributed by atoms with Crippen molar-refractivity contribution >= 4 is 46.4 Å². The van der Waals surface area contributed by atoms with Gasteiger partial charge in [0.05, 0.1) is 12.6 Å². The van der Waals surface area contributed by atoms with Crippen molar-refractivity contribution in [3.05, 3.63) is 63.2 Å². The molecule has 0 saturated carbocycles. The second kappa shape index (κ2) is 10.9. The van der Waals surface area contributed by atoms with Gasteiger partial charge in [0.1, 0.15) is 11.5 Å². The molecule has 0 aliphatic carbocycles. The van der Waals surface area contributed by atoms with Crippen LogP contribution in [0.2, 0.25) is 0 Å². The van der Waals surface area contributed by atoms with Gasteiger partial charge in [-0.1, -0.05) is 12.1 Å². The van der Waals surface area contributed by atoms with Gasteiger partial charge in [-0.25, -0.2) is 24.2 Å². The van der Waals surface area contributed by atoms with E-state index < -0.39 is 18.1 Å². The van der Waals surface area contributed by atoms with Crippen molar-refractivity contribution in [3.8, 4) is 11.3 Å². The fraction of sp³-hybridized carbons (Fsp3) is 0.292. The summed E-state index contributed by atoms with van der Waals surface area (Å²) < 4.78 is 7.27. The zero-order valence-corrected chi connectivity index (χ0v) is 21.6. The van der Waals surface area contributed by atoms with E-state index in [4.69, 9.17) is 10.6 Å². The van der Waals surface area contributed by atoms with Crippen LogP contribution in [0.1, 0.15) is 58.9 Å². The first kappa shape index (κ1) is 25.4. The Bertz CT molecular complexity index is 1290. The molecule has 36 heavy (non-hydrogen) atoms. The molecule has 0 radical (unpaired) electrons. The molecule has 4 rings (SSSR count). The molecule has 4 N–H and O–H groups in total. The number of nitrogens with two attached hydrogens (primary N) is 1. The number of carbonyl (C=O) groups is 3. The highest BCUT2D eigenvalue weighted by atomic mass is 127. The summed E-state index contributed by atoms with van der Waals surface area (Å²) in [6, 6.07) is 9.50. The summed E-state index contributed by atoms with van der Waals surface area (Å²) in [6.45, 7) is 2.17. The van der Waals surface area contributed by atoms with E-state index in [0.29, 0.717) is 29.9 Å². The molecule has 2 amide bonds. The first-order chi connectivity index (χ1) is 17.3. The van der Waals surface area contributed by atoms with Crippen LogP contribution in [0.5, 0.6) is 0 Å². The Morgan fingerprint density at radius 3 is 2.64 bits per heavy atom. The lowest BCUT2D eigenvalue weighted by molar-refractivity contribution is 0.0516. The summed E-state index contributed by atoms with van der Waals surface area (Å²) in [5, 5.41) is 12.4. The normalized spacial score (nSPS) is 15.4. The third-order valence-electron chi connectivity index (χ3n) is 5.84. The molecule has 0 spiro atoms. The number of benzene rings is 1. The monoisotopic (exact) mass is 604 g/mol. The van der Waals surface area contributed by atoms with Crippen LogP contribution in [0.3, 0.4) is 0 Å². The Balaban J connectivity index is 1.68. The zero-order chi connectivity index (χ0) is 25.8. The fourth-order valence-electron chi connectivity index (χ4n) is 4.15. The summed E-state index contributed by atoms with van der Waals surface area (Å²) in [7, 11) is 0. The van der Waals surface area contributed by atoms with E-state index in [1.54, 1.807) is 43.5 Å². The molecule has 1 aliphatic rings. The average molecular weight is 604 g/mol. The molecule has 3 heterocycles. The Morgan fingerprint density at radius 1 is 1.22 bits per heavy atom. The maximum absolute atomic E-state index is 12.8. The van der Waals surface area contributed by atoms with Crippen molar-refractivity contribution in [2.24, 2.45) is 0 Å². The number of carboxylic acid groups (broad SMARTS) is 1. The molecule has 1 saturated heterocycles. The smallest absolute Gasteiger partial charge is 0.407 e. The number of likely N-dealkylation sites (tertiary alicyclic amines) is 1. The highest BCUT2D eigenvalue weighted by molar-refractivity contribution is 14.1. The van der Waals surface area contributed by atoms with Gasteiger partial charge in [-0.3, -0.25) is 9.69 Å². The summed E-state index contributed by atoms with van der Waals surface area (Å²) in [6.07, 6.45) is 2.63. The zero-order valence-electron chi connectivity index (χ0n) is 19.5. The number of piperidine rings is 1. The largest absolute Gasteiger partial charge is 0.465 e. The number of rotatable bonds is 6. The first-order valence-electron chi connectivity index (χ1n) is 11.4. The summed E-state index contributed by atoms with van der Waals surface area (Å²) in [5.41, 5.74) is 1.19. The summed E-state index contributed by atoms with van der Waals surface area (Å²) in [5.74, 6) is 5.99. The number of carbonyl (C=O) groups excluding carboxylic acids is 2. The van der Waals surface area contributed by atoms with E-state index in [0.717, 1.165) is 21.1 Å². The molecular formula is C24H25IN6O5. The predicted molar refractivity (Wildman–Crippen MR) is 140 cm³/mol. The van der Waals surface area contributed by atoms with E-state index in [9.17, 15) is 19.5 Å². The van der Waals surface area contributed by atoms with E-state index in [-0.39, 0.29) is 29.7 Å². The number of imidazole rings is 1. The molecule has 1 atom stereocenters. The van der Waals surface area contributed by atoms with Gasteiger partial charge >= 0.3 is 12.1 Å². The minimum atomic E-state index is -1.07. The van der Waals surface area contributed by atoms with Gasteiger partial charge in [0.15, 0.2) is 11.5 Å². The number of nitrogen functional groups attached to an aromatic ring is 1. The van der Waals surface area contributed by atoms with Crippen LogP contribution >= 0.6 is 22.6 Å². The molecule has 1 aromatic carbocycles. The minimum absolute atomic E-state index is 0.0167. The van der Waals surface area contributed by atoms with Crippen molar-refractivity contribution < 1.29 is 24.2 Å². The molecule has 2 aromatic heterocycles. The minimum Gasteiger partial charge on any atom is -0.465 e. The Kier molecular flexibility index (Phi) is 7.72. The highest BCUT2D eigenvalue weighted by Gasteiger charge is 2.34. The predicted octanol–water partition coefficient (Wildman–Crippen LogP) is 3.90. The maximum Gasteiger partial charge on any atom is 0.407 e. The quantitative estimate of drug-likeness (QED) is 0.218. The van der Waals surface area contributed by atoms with E-state index in [1.807, 2.05) is 6.07 Å². The number of nitrogens with zero attached hydrogens (tertiary/aromatic N) is 4. The van der Waals surface area contributed by atoms with Crippen LogP contribution in [0.4, 0.5) is 10.6 Å². The lowest BCUT2D eigenvalue weighted by Gasteiger charge is -2.32. The van der Waals surface area contributed by atoms with Gasteiger partial charge in [-0.2, -0.15) is 0 Å². The molecule has 12 heteroatoms. The Labute approximate surface area is 220 Å². The molecule has 0 unspecified atom stereocenters. The first-order valence-corrected chi connectivity index (χ1v) is 12.5. The van der Waals surface area contributed by atoms with Crippen molar-refractivity contribution in [2.75, 3.05) is 24.3 Å². The molecule has 1 fully saturated rings. The number of esters is 1. The van der Waals surface area contributed by atoms with Gasteiger partial charge in [0.25, 0.3) is 5.91 Å². The number of anilines is 1. The van der Waals surface area contributed by atoms with Crippen molar-refractivity contribution in [3.63, 3.8) is 0 Å². The average Bonchev–Trinajstić information content (AvgIpc) is 3.21. The molecule has 11 nitrogen and oxygen atoms in total. The topological polar surface area (TPSA) is 153 Å². The van der Waals surface area contributed by atoms with Crippen LogP contribution in [0.25, 0.3) is 11.3 Å². The highest BCUT2D eigenvalue weighted by Crippen LogP contribution is 2.34. The van der Waals surface area contributed by atoms with Gasteiger partial charge in [-0.15, -0.1) is 0 Å². The van der Waals surface area contributed by atoms with Crippen molar-refractivity contribution in [1.82, 2.24) is 19.5 Å². The van der Waals surface area contributed by atoms with Crippen molar-refractivity contribution in [2.45, 2.75) is 32.2 Å². The van der Waals surface area contributed by atoms with Crippen LogP contribution in [0, 0.1) is 3.57 Å². The lowest BCUT2D eigenvalue weighted by Crippen LogP contribution is -2.39. The molecule has 1 aliphatic heterocycles. The van der Waals surface area contributed by atoms with Crippen LogP contribution in [-0.2, 0) is 4.74 Å². The molecular weight excluding hydrogens is 579 g/mol. The van der Waals surface area contributed by atoms with Crippen molar-refractivity contribution in [1.29, 1.82) is 0 Å². The number of aromatic nitrogens is 3. The Hall–Kier alpha value is -3.68. The Morgan fingerprint density at radius 2 is 1.97 bits per heavy atom. The van der Waals surface area contributed by atoms with E-state index in [2.05, 4.69) is 37.9 Å². The number of pyridine rings is 1. The van der Waals surface area contributed by atoms with Gasteiger partial charge in [-0.05, 0) is 73.0 Å².